The van der Waals surface area contributed by atoms with Gasteiger partial charge in [-0.2, -0.15) is 0 Å². The summed E-state index contributed by atoms with van der Waals surface area (Å²) in [7, 11) is 0. The first-order valence-corrected chi connectivity index (χ1v) is 12.9. The van der Waals surface area contributed by atoms with Crippen LogP contribution in [0.1, 0.15) is 62.9 Å². The average molecular weight is 537 g/mol. The van der Waals surface area contributed by atoms with Crippen LogP contribution in [0.2, 0.25) is 0 Å². The van der Waals surface area contributed by atoms with Crippen LogP contribution in [-0.2, 0) is 16.0 Å². The minimum Gasteiger partial charge on any atom is -0.433 e. The van der Waals surface area contributed by atoms with Gasteiger partial charge in [-0.05, 0) is 44.4 Å². The molecular formula is C26H28N6O5S. The Hall–Kier alpha value is -4.32. The number of benzene rings is 1. The van der Waals surface area contributed by atoms with E-state index in [4.69, 9.17) is 10.5 Å². The van der Waals surface area contributed by atoms with Crippen LogP contribution in [-0.4, -0.2) is 50.8 Å². The quantitative estimate of drug-likeness (QED) is 0.392. The highest BCUT2D eigenvalue weighted by Crippen LogP contribution is 2.34. The van der Waals surface area contributed by atoms with Crippen LogP contribution in [0.25, 0.3) is 0 Å². The summed E-state index contributed by atoms with van der Waals surface area (Å²) < 4.78 is 5.10. The number of carbonyl (C=O) groups excluding carboxylic acids is 4. The summed E-state index contributed by atoms with van der Waals surface area (Å²) in [5, 5.41) is 2.85. The first kappa shape index (κ1) is 26.7. The second-order valence-electron chi connectivity index (χ2n) is 9.14. The van der Waals surface area contributed by atoms with Crippen molar-refractivity contribution in [1.29, 1.82) is 0 Å². The summed E-state index contributed by atoms with van der Waals surface area (Å²) in [4.78, 5) is 60.8. The molecule has 11 nitrogen and oxygen atoms in total. The fourth-order valence-electron chi connectivity index (χ4n) is 4.33. The van der Waals surface area contributed by atoms with Crippen molar-refractivity contribution in [2.45, 2.75) is 44.8 Å². The molecule has 1 saturated heterocycles. The number of ether oxygens (including phenoxy) is 1. The maximum absolute atomic E-state index is 13.3. The van der Waals surface area contributed by atoms with Gasteiger partial charge in [-0.3, -0.25) is 30.2 Å². The molecule has 0 saturated carbocycles. The molecule has 198 valence electrons. The summed E-state index contributed by atoms with van der Waals surface area (Å²) in [6.45, 7) is 3.89. The van der Waals surface area contributed by atoms with Crippen LogP contribution >= 0.6 is 11.3 Å². The number of nitrogens with two attached hydrogens (primary N) is 1. The van der Waals surface area contributed by atoms with Gasteiger partial charge >= 0.3 is 6.09 Å². The number of likely N-dealkylation sites (tertiary alicyclic amines) is 1. The van der Waals surface area contributed by atoms with Crippen LogP contribution in [0, 0.1) is 6.92 Å². The summed E-state index contributed by atoms with van der Waals surface area (Å²) in [5.74, 6) is -1.77. The maximum atomic E-state index is 13.3. The largest absolute Gasteiger partial charge is 0.433 e. The Balaban J connectivity index is 1.43. The van der Waals surface area contributed by atoms with Gasteiger partial charge in [-0.1, -0.05) is 30.3 Å². The van der Waals surface area contributed by atoms with Crippen molar-refractivity contribution in [2.75, 3.05) is 6.54 Å². The Bertz CT molecular complexity index is 1350. The number of hydrogen-bond donors (Lipinski definition) is 3. The number of aromatic nitrogens is 2. The molecular weight excluding hydrogens is 508 g/mol. The van der Waals surface area contributed by atoms with E-state index >= 15 is 0 Å². The molecule has 4 amide bonds. The van der Waals surface area contributed by atoms with Gasteiger partial charge in [0.2, 0.25) is 0 Å². The number of pyridine rings is 1. The molecule has 2 aromatic heterocycles. The van der Waals surface area contributed by atoms with Crippen molar-refractivity contribution in [3.8, 4) is 0 Å². The van der Waals surface area contributed by atoms with Crippen molar-refractivity contribution < 1.29 is 23.9 Å². The highest BCUT2D eigenvalue weighted by molar-refractivity contribution is 7.09. The standard InChI is InChI=1S/C26H28N6O5S/c1-16-15-38-22(29-16)20-9-6-12-32(20)23(34)18-10-11-28-19(13-18)21(33)30-31-24(35)26(2,37-25(27)36)14-17-7-4-3-5-8-17/h3-5,7-8,10-11,13,15,20H,6,9,12,14H2,1-2H3,(H2,27,36)(H,30,33)(H,31,35)/t20-,26-/m1/s1. The van der Waals surface area contributed by atoms with E-state index in [0.717, 1.165) is 29.1 Å². The SMILES string of the molecule is Cc1csc([C@H]2CCCN2C(=O)c2ccnc(C(=O)NNC(=O)[C@@](C)(Cc3ccccc3)OC(N)=O)c2)n1. The molecule has 2 atom stereocenters. The molecule has 0 radical (unpaired) electrons. The first-order chi connectivity index (χ1) is 18.2. The molecule has 0 unspecified atom stereocenters. The molecule has 1 aromatic carbocycles. The zero-order chi connectivity index (χ0) is 27.3. The Morgan fingerprint density at radius 3 is 2.63 bits per heavy atom. The van der Waals surface area contributed by atoms with E-state index in [1.807, 2.05) is 18.4 Å². The minimum atomic E-state index is -1.69. The molecule has 0 bridgehead atoms. The minimum absolute atomic E-state index is 0.0242. The van der Waals surface area contributed by atoms with Crippen LogP contribution < -0.4 is 16.6 Å². The fourth-order valence-corrected chi connectivity index (χ4v) is 5.27. The highest BCUT2D eigenvalue weighted by atomic mass is 32.1. The van der Waals surface area contributed by atoms with Gasteiger partial charge in [0.25, 0.3) is 17.7 Å². The fraction of sp³-hybridized carbons (Fsp3) is 0.308. The van der Waals surface area contributed by atoms with E-state index < -0.39 is 23.5 Å². The second kappa shape index (κ2) is 11.4. The normalized spacial score (nSPS) is 16.4. The zero-order valence-electron chi connectivity index (χ0n) is 21.0. The highest BCUT2D eigenvalue weighted by Gasteiger charge is 2.38. The third kappa shape index (κ3) is 6.14. The maximum Gasteiger partial charge on any atom is 0.405 e. The van der Waals surface area contributed by atoms with Gasteiger partial charge in [0.15, 0.2) is 5.60 Å². The number of aryl methyl sites for hydroxylation is 1. The smallest absolute Gasteiger partial charge is 0.405 e. The predicted octanol–water partition coefficient (Wildman–Crippen LogP) is 2.68. The van der Waals surface area contributed by atoms with Crippen LogP contribution in [0.4, 0.5) is 4.79 Å². The summed E-state index contributed by atoms with van der Waals surface area (Å²) in [5.41, 5.74) is 9.89. The van der Waals surface area contributed by atoms with E-state index in [-0.39, 0.29) is 24.1 Å². The monoisotopic (exact) mass is 536 g/mol. The van der Waals surface area contributed by atoms with Crippen molar-refractivity contribution in [3.05, 3.63) is 81.6 Å². The van der Waals surface area contributed by atoms with Crippen LogP contribution in [0.5, 0.6) is 0 Å². The van der Waals surface area contributed by atoms with Crippen LogP contribution in [0.15, 0.2) is 54.0 Å². The van der Waals surface area contributed by atoms with Gasteiger partial charge < -0.3 is 15.4 Å². The Morgan fingerprint density at radius 1 is 1.18 bits per heavy atom. The summed E-state index contributed by atoms with van der Waals surface area (Å²) in [6, 6.07) is 11.7. The summed E-state index contributed by atoms with van der Waals surface area (Å²) >= 11 is 1.53. The molecule has 1 aliphatic rings. The van der Waals surface area contributed by atoms with E-state index in [1.54, 1.807) is 29.2 Å². The number of carbonyl (C=O) groups is 4. The molecule has 38 heavy (non-hydrogen) atoms. The van der Waals surface area contributed by atoms with E-state index in [1.165, 1.54) is 36.6 Å². The molecule has 3 aromatic rings. The molecule has 0 aliphatic carbocycles. The van der Waals surface area contributed by atoms with E-state index in [2.05, 4.69) is 20.8 Å². The molecule has 4 N–H and O–H groups in total. The number of thiazole rings is 1. The Kier molecular flexibility index (Phi) is 8.01. The molecule has 1 fully saturated rings. The van der Waals surface area contributed by atoms with Crippen LogP contribution in [0.3, 0.4) is 0 Å². The average Bonchev–Trinajstić information content (AvgIpc) is 3.55. The van der Waals surface area contributed by atoms with Crippen molar-refractivity contribution >= 4 is 35.2 Å². The predicted molar refractivity (Wildman–Crippen MR) is 139 cm³/mol. The lowest BCUT2D eigenvalue weighted by atomic mass is 9.95. The van der Waals surface area contributed by atoms with E-state index in [9.17, 15) is 19.2 Å². The topological polar surface area (TPSA) is 157 Å². The number of nitrogens with one attached hydrogen (secondary N) is 2. The lowest BCUT2D eigenvalue weighted by molar-refractivity contribution is -0.138. The lowest BCUT2D eigenvalue weighted by Gasteiger charge is -2.27. The number of rotatable bonds is 7. The third-order valence-electron chi connectivity index (χ3n) is 6.16. The van der Waals surface area contributed by atoms with Gasteiger partial charge in [-0.25, -0.2) is 9.78 Å². The zero-order valence-corrected chi connectivity index (χ0v) is 21.8. The van der Waals surface area contributed by atoms with Gasteiger partial charge in [0.05, 0.1) is 6.04 Å². The first-order valence-electron chi connectivity index (χ1n) is 12.0. The van der Waals surface area contributed by atoms with Crippen molar-refractivity contribution in [1.82, 2.24) is 25.7 Å². The molecule has 3 heterocycles. The number of hydrazine groups is 1. The Morgan fingerprint density at radius 2 is 1.95 bits per heavy atom. The number of nitrogens with zero attached hydrogens (tertiary/aromatic N) is 3. The van der Waals surface area contributed by atoms with Crippen molar-refractivity contribution in [2.24, 2.45) is 5.73 Å². The Labute approximate surface area is 223 Å². The number of amides is 4. The number of primary amides is 1. The molecule has 12 heteroatoms. The molecule has 1 aliphatic heterocycles. The van der Waals surface area contributed by atoms with E-state index in [0.29, 0.717) is 12.1 Å². The van der Waals surface area contributed by atoms with Gasteiger partial charge in [-0.15, -0.1) is 11.3 Å². The molecule has 4 rings (SSSR count). The lowest BCUT2D eigenvalue weighted by Crippen LogP contribution is -2.55. The van der Waals surface area contributed by atoms with Crippen molar-refractivity contribution in [3.63, 3.8) is 0 Å². The summed E-state index contributed by atoms with van der Waals surface area (Å²) in [6.07, 6.45) is 1.92. The van der Waals surface area contributed by atoms with Gasteiger partial charge in [0, 0.05) is 35.8 Å². The van der Waals surface area contributed by atoms with Gasteiger partial charge in [0.1, 0.15) is 10.7 Å². The number of hydrogen-bond acceptors (Lipinski definition) is 8. The molecule has 0 spiro atoms. The second-order valence-corrected chi connectivity index (χ2v) is 10.0. The third-order valence-corrected chi connectivity index (χ3v) is 7.22.